The lowest BCUT2D eigenvalue weighted by molar-refractivity contribution is 0.981. The molecule has 2 heterocycles. The smallest absolute Gasteiger partial charge is 0.135 e. The lowest BCUT2D eigenvalue weighted by Gasteiger charge is -1.96. The molecule has 0 aliphatic carbocycles. The second kappa shape index (κ2) is 3.85. The van der Waals surface area contributed by atoms with Gasteiger partial charge in [-0.1, -0.05) is 17.7 Å². The van der Waals surface area contributed by atoms with Gasteiger partial charge in [-0.15, -0.1) is 11.3 Å². The van der Waals surface area contributed by atoms with Crippen molar-refractivity contribution in [2.75, 3.05) is 0 Å². The molecule has 0 fully saturated rings. The Morgan fingerprint density at radius 3 is 3.00 bits per heavy atom. The number of rotatable bonds is 2. The predicted octanol–water partition coefficient (Wildman–Crippen LogP) is 2.78. The highest BCUT2D eigenvalue weighted by Crippen LogP contribution is 2.13. The summed E-state index contributed by atoms with van der Waals surface area (Å²) >= 11 is 7.44. The van der Waals surface area contributed by atoms with Crippen LogP contribution in [0.15, 0.2) is 29.8 Å². The fourth-order valence-corrected chi connectivity index (χ4v) is 1.88. The summed E-state index contributed by atoms with van der Waals surface area (Å²) in [5.74, 6) is 0.773. The number of nitrogens with zero attached hydrogens (tertiary/aromatic N) is 2. The highest BCUT2D eigenvalue weighted by molar-refractivity contribution is 7.09. The zero-order valence-corrected chi connectivity index (χ0v) is 8.35. The van der Waals surface area contributed by atoms with Gasteiger partial charge in [-0.25, -0.2) is 9.97 Å². The molecule has 0 aliphatic rings. The van der Waals surface area contributed by atoms with Crippen molar-refractivity contribution >= 4 is 22.9 Å². The molecular weight excluding hydrogens is 204 g/mol. The molecule has 2 aromatic heterocycles. The Balaban J connectivity index is 2.19. The molecular formula is C9H7ClN2S. The minimum Gasteiger partial charge on any atom is -0.241 e. The number of halogens is 1. The molecule has 0 aliphatic heterocycles. The third kappa shape index (κ3) is 2.26. The Morgan fingerprint density at radius 2 is 2.31 bits per heavy atom. The van der Waals surface area contributed by atoms with Crippen molar-refractivity contribution in [1.82, 2.24) is 9.97 Å². The van der Waals surface area contributed by atoms with Crippen molar-refractivity contribution in [3.8, 4) is 0 Å². The minimum absolute atomic E-state index is 0.501. The van der Waals surface area contributed by atoms with E-state index in [2.05, 4.69) is 16.0 Å². The fraction of sp³-hybridized carbons (Fsp3) is 0.111. The summed E-state index contributed by atoms with van der Waals surface area (Å²) in [6.45, 7) is 0. The number of thiophene rings is 1. The fourth-order valence-electron chi connectivity index (χ4n) is 1.03. The molecule has 2 rings (SSSR count). The second-order valence-electron chi connectivity index (χ2n) is 2.55. The summed E-state index contributed by atoms with van der Waals surface area (Å²) in [6, 6.07) is 5.76. The molecule has 2 aromatic rings. The van der Waals surface area contributed by atoms with Gasteiger partial charge in [0.1, 0.15) is 11.0 Å². The first-order valence-corrected chi connectivity index (χ1v) is 5.10. The van der Waals surface area contributed by atoms with Gasteiger partial charge in [0.15, 0.2) is 0 Å². The number of hydrogen-bond donors (Lipinski definition) is 0. The molecule has 0 unspecified atom stereocenters. The molecule has 0 saturated carbocycles. The van der Waals surface area contributed by atoms with E-state index >= 15 is 0 Å². The molecule has 0 amide bonds. The van der Waals surface area contributed by atoms with E-state index in [0.717, 1.165) is 12.2 Å². The van der Waals surface area contributed by atoms with Crippen LogP contribution in [-0.4, -0.2) is 9.97 Å². The normalized spacial score (nSPS) is 10.2. The van der Waals surface area contributed by atoms with E-state index < -0.39 is 0 Å². The van der Waals surface area contributed by atoms with Crippen molar-refractivity contribution in [3.05, 3.63) is 45.6 Å². The SMILES string of the molecule is Clc1ccnc(Cc2cccs2)n1. The van der Waals surface area contributed by atoms with Crippen molar-refractivity contribution in [2.24, 2.45) is 0 Å². The van der Waals surface area contributed by atoms with Gasteiger partial charge in [-0.3, -0.25) is 0 Å². The molecule has 0 spiro atoms. The standard InChI is InChI=1S/C9H7ClN2S/c10-8-3-4-11-9(12-8)6-7-2-1-5-13-7/h1-5H,6H2. The highest BCUT2D eigenvalue weighted by atomic mass is 35.5. The summed E-state index contributed by atoms with van der Waals surface area (Å²) in [7, 11) is 0. The topological polar surface area (TPSA) is 25.8 Å². The van der Waals surface area contributed by atoms with E-state index in [1.165, 1.54) is 4.88 Å². The molecule has 0 radical (unpaired) electrons. The van der Waals surface area contributed by atoms with Gasteiger partial charge in [0, 0.05) is 17.5 Å². The van der Waals surface area contributed by atoms with E-state index in [-0.39, 0.29) is 0 Å². The van der Waals surface area contributed by atoms with Gasteiger partial charge in [0.25, 0.3) is 0 Å². The largest absolute Gasteiger partial charge is 0.241 e. The first-order chi connectivity index (χ1) is 6.34. The first kappa shape index (κ1) is 8.66. The first-order valence-electron chi connectivity index (χ1n) is 3.84. The van der Waals surface area contributed by atoms with Gasteiger partial charge in [-0.2, -0.15) is 0 Å². The second-order valence-corrected chi connectivity index (χ2v) is 3.97. The molecule has 0 bridgehead atoms. The van der Waals surface area contributed by atoms with Crippen LogP contribution in [0.5, 0.6) is 0 Å². The van der Waals surface area contributed by atoms with Crippen LogP contribution in [0.25, 0.3) is 0 Å². The van der Waals surface area contributed by atoms with Crippen LogP contribution < -0.4 is 0 Å². The van der Waals surface area contributed by atoms with Crippen LogP contribution in [-0.2, 0) is 6.42 Å². The maximum Gasteiger partial charge on any atom is 0.135 e. The Bertz CT molecular complexity index is 386. The summed E-state index contributed by atoms with van der Waals surface area (Å²) in [5, 5.41) is 2.54. The maximum atomic E-state index is 5.74. The van der Waals surface area contributed by atoms with Gasteiger partial charge < -0.3 is 0 Å². The molecule has 2 nitrogen and oxygen atoms in total. The van der Waals surface area contributed by atoms with Crippen molar-refractivity contribution < 1.29 is 0 Å². The van der Waals surface area contributed by atoms with Crippen LogP contribution in [0.1, 0.15) is 10.7 Å². The van der Waals surface area contributed by atoms with Gasteiger partial charge in [-0.05, 0) is 17.5 Å². The quantitative estimate of drug-likeness (QED) is 0.713. The number of aromatic nitrogens is 2. The van der Waals surface area contributed by atoms with E-state index in [9.17, 15) is 0 Å². The zero-order valence-electron chi connectivity index (χ0n) is 6.77. The number of hydrogen-bond acceptors (Lipinski definition) is 3. The maximum absolute atomic E-state index is 5.74. The third-order valence-electron chi connectivity index (χ3n) is 1.58. The summed E-state index contributed by atoms with van der Waals surface area (Å²) in [5.41, 5.74) is 0. The van der Waals surface area contributed by atoms with E-state index in [4.69, 9.17) is 11.6 Å². The molecule has 66 valence electrons. The summed E-state index contributed by atoms with van der Waals surface area (Å²) in [6.07, 6.45) is 2.44. The van der Waals surface area contributed by atoms with Gasteiger partial charge in [0.2, 0.25) is 0 Å². The molecule has 0 N–H and O–H groups in total. The lowest BCUT2D eigenvalue weighted by Crippen LogP contribution is -1.93. The Kier molecular flexibility index (Phi) is 2.57. The predicted molar refractivity (Wildman–Crippen MR) is 54.2 cm³/mol. The Labute approximate surface area is 85.2 Å². The molecule has 0 atom stereocenters. The molecule has 0 aromatic carbocycles. The Hall–Kier alpha value is -0.930. The van der Waals surface area contributed by atoms with Crippen LogP contribution in [0.3, 0.4) is 0 Å². The Morgan fingerprint density at radius 1 is 1.38 bits per heavy atom. The molecule has 4 heteroatoms. The van der Waals surface area contributed by atoms with Crippen molar-refractivity contribution in [1.29, 1.82) is 0 Å². The molecule has 0 saturated heterocycles. The van der Waals surface area contributed by atoms with Gasteiger partial charge in [0.05, 0.1) is 0 Å². The average molecular weight is 211 g/mol. The van der Waals surface area contributed by atoms with Crippen LogP contribution in [0.4, 0.5) is 0 Å². The van der Waals surface area contributed by atoms with Crippen molar-refractivity contribution in [2.45, 2.75) is 6.42 Å². The average Bonchev–Trinajstić information content (AvgIpc) is 2.57. The zero-order chi connectivity index (χ0) is 9.10. The minimum atomic E-state index is 0.501. The summed E-state index contributed by atoms with van der Waals surface area (Å²) in [4.78, 5) is 9.49. The van der Waals surface area contributed by atoms with Crippen molar-refractivity contribution in [3.63, 3.8) is 0 Å². The lowest BCUT2D eigenvalue weighted by atomic mass is 10.3. The van der Waals surface area contributed by atoms with E-state index in [1.54, 1.807) is 23.6 Å². The summed E-state index contributed by atoms with van der Waals surface area (Å²) < 4.78 is 0. The van der Waals surface area contributed by atoms with Crippen LogP contribution >= 0.6 is 22.9 Å². The van der Waals surface area contributed by atoms with Crippen LogP contribution in [0.2, 0.25) is 5.15 Å². The third-order valence-corrected chi connectivity index (χ3v) is 2.67. The van der Waals surface area contributed by atoms with Gasteiger partial charge >= 0.3 is 0 Å². The van der Waals surface area contributed by atoms with Crippen LogP contribution in [0, 0.1) is 0 Å². The van der Waals surface area contributed by atoms with E-state index in [0.29, 0.717) is 5.15 Å². The monoisotopic (exact) mass is 210 g/mol. The molecule has 13 heavy (non-hydrogen) atoms. The van der Waals surface area contributed by atoms with E-state index in [1.807, 2.05) is 11.4 Å². The highest BCUT2D eigenvalue weighted by Gasteiger charge is 1.99.